The standard InChI is InChI=1S/C53H94N22O13/c1-4-28(2)39(49(86)75-23-11-17-38(75)47(84)73-40(29(3)77)50(87)88)72-45(82)36(26-76)71-44(81)35(24-30-25-62-27-66-30)70-46(83)37-16-10-22-74(37)48(85)34(15-9-21-65-53(60)61)69-43(80)32(13-5-6-18-54)68-42(79)33(14-8-20-64-52(58)59)67-41(78)31(55)12-7-19-63-51(56)57/h25,27-29,31-40,76-77H,4-24,26,54-55H2,1-3H3,(H,62,66)(H,67,78)(H,68,79)(H,69,80)(H,70,83)(H,71,81)(H,72,82)(H,73,84)(H,87,88)(H4,56,57,63)(H4,58,59,64)(H4,60,61,65)/t28-,29+,31-,32-,33-,34-,35-,36-,37-,38-,39-,40-/m0/s1. The monoisotopic (exact) mass is 1250 g/mol. The highest BCUT2D eigenvalue weighted by Gasteiger charge is 2.43. The Labute approximate surface area is 510 Å². The number of nitrogens with one attached hydrogen (secondary N) is 8. The van der Waals surface area contributed by atoms with E-state index in [1.54, 1.807) is 13.8 Å². The molecule has 35 nitrogen and oxygen atoms in total. The van der Waals surface area contributed by atoms with Gasteiger partial charge in [0.25, 0.3) is 0 Å². The Morgan fingerprint density at radius 2 is 1.08 bits per heavy atom. The first kappa shape index (κ1) is 73.8. The number of hydrogen-bond donors (Lipinski definition) is 19. The number of guanidine groups is 3. The number of aliphatic hydroxyl groups excluding tert-OH is 2. The molecule has 0 unspecified atom stereocenters. The number of carboxylic acid groups (broad SMARTS) is 1. The number of aromatic nitrogens is 2. The van der Waals surface area contributed by atoms with Crippen LogP contribution in [-0.2, 0) is 54.4 Å². The zero-order chi connectivity index (χ0) is 65.6. The highest BCUT2D eigenvalue weighted by molar-refractivity contribution is 5.99. The van der Waals surface area contributed by atoms with Gasteiger partial charge in [0.2, 0.25) is 53.2 Å². The van der Waals surface area contributed by atoms with Crippen molar-refractivity contribution in [2.45, 2.75) is 184 Å². The van der Waals surface area contributed by atoms with Crippen LogP contribution in [0.4, 0.5) is 0 Å². The summed E-state index contributed by atoms with van der Waals surface area (Å²) in [4.78, 5) is 160. The second-order valence-electron chi connectivity index (χ2n) is 21.8. The van der Waals surface area contributed by atoms with Crippen LogP contribution in [0.25, 0.3) is 0 Å². The van der Waals surface area contributed by atoms with Crippen LogP contribution in [0.3, 0.4) is 0 Å². The van der Waals surface area contributed by atoms with Crippen molar-refractivity contribution in [2.75, 3.05) is 45.9 Å². The Morgan fingerprint density at radius 1 is 0.614 bits per heavy atom. The summed E-state index contributed by atoms with van der Waals surface area (Å²) in [6.45, 7) is 4.30. The highest BCUT2D eigenvalue weighted by atomic mass is 16.4. The van der Waals surface area contributed by atoms with E-state index in [1.165, 1.54) is 29.2 Å². The summed E-state index contributed by atoms with van der Waals surface area (Å²) >= 11 is 0. The van der Waals surface area contributed by atoms with E-state index < -0.39 is 138 Å². The first-order valence-electron chi connectivity index (χ1n) is 29.6. The molecule has 2 aliphatic rings. The number of unbranched alkanes of at least 4 members (excludes halogenated alkanes) is 1. The normalized spacial score (nSPS) is 18.0. The molecule has 494 valence electrons. The van der Waals surface area contributed by atoms with E-state index in [9.17, 15) is 63.3 Å². The molecule has 3 rings (SSSR count). The topological polar surface area (TPSA) is 596 Å². The Morgan fingerprint density at radius 3 is 1.57 bits per heavy atom. The van der Waals surface area contributed by atoms with Crippen molar-refractivity contribution in [1.29, 1.82) is 0 Å². The molecule has 1 aromatic rings. The molecule has 0 aliphatic carbocycles. The molecule has 88 heavy (non-hydrogen) atoms. The summed E-state index contributed by atoms with van der Waals surface area (Å²) in [6, 6.07) is -13.5. The fourth-order valence-electron chi connectivity index (χ4n) is 9.89. The summed E-state index contributed by atoms with van der Waals surface area (Å²) in [5.74, 6) is -9.82. The Hall–Kier alpha value is -8.44. The first-order valence-corrected chi connectivity index (χ1v) is 29.6. The summed E-state index contributed by atoms with van der Waals surface area (Å²) < 4.78 is 0. The predicted octanol–water partition coefficient (Wildman–Crippen LogP) is -7.55. The number of amides is 9. The van der Waals surface area contributed by atoms with Crippen LogP contribution in [0.5, 0.6) is 0 Å². The van der Waals surface area contributed by atoms with E-state index in [4.69, 9.17) is 45.9 Å². The number of aromatic amines is 1. The number of nitrogens with two attached hydrogens (primary N) is 8. The van der Waals surface area contributed by atoms with Crippen LogP contribution in [0, 0.1) is 5.92 Å². The number of aliphatic carboxylic acids is 1. The maximum absolute atomic E-state index is 14.8. The second kappa shape index (κ2) is 38.0. The van der Waals surface area contributed by atoms with Gasteiger partial charge in [0.05, 0.1) is 25.1 Å². The molecule has 0 radical (unpaired) electrons. The van der Waals surface area contributed by atoms with Crippen LogP contribution >= 0.6 is 0 Å². The van der Waals surface area contributed by atoms with Crippen LogP contribution in [0.2, 0.25) is 0 Å². The van der Waals surface area contributed by atoms with Crippen molar-refractivity contribution in [3.8, 4) is 0 Å². The SMILES string of the molecule is CC[C@H](C)[C@H](NC(=O)[C@H](CO)NC(=O)[C@H](Cc1cnc[nH]1)NC(=O)[C@@H]1CCCN1C(=O)[C@H](CCCN=C(N)N)NC(=O)[C@H](CCCCN)NC(=O)[C@H](CCCN=C(N)N)NC(=O)[C@@H](N)CCCN=C(N)N)C(=O)N1CCC[C@H]1C(=O)N[C@H](C(=O)O)[C@@H](C)O. The van der Waals surface area contributed by atoms with Crippen molar-refractivity contribution in [3.63, 3.8) is 0 Å². The zero-order valence-electron chi connectivity index (χ0n) is 50.4. The van der Waals surface area contributed by atoms with Crippen molar-refractivity contribution in [3.05, 3.63) is 18.2 Å². The van der Waals surface area contributed by atoms with Gasteiger partial charge in [-0.1, -0.05) is 20.3 Å². The minimum atomic E-state index is -1.71. The molecule has 27 N–H and O–H groups in total. The van der Waals surface area contributed by atoms with Gasteiger partial charge in [-0.3, -0.25) is 58.1 Å². The average molecular weight is 1250 g/mol. The van der Waals surface area contributed by atoms with Gasteiger partial charge in [-0.25, -0.2) is 9.78 Å². The summed E-state index contributed by atoms with van der Waals surface area (Å²) in [6.07, 6.45) is 3.92. The number of carbonyl (C=O) groups excluding carboxylic acids is 9. The van der Waals surface area contributed by atoms with Crippen molar-refractivity contribution in [1.82, 2.24) is 57.0 Å². The number of aliphatic hydroxyl groups is 2. The number of likely N-dealkylation sites (tertiary alicyclic amines) is 2. The zero-order valence-corrected chi connectivity index (χ0v) is 50.4. The van der Waals surface area contributed by atoms with Gasteiger partial charge >= 0.3 is 5.97 Å². The number of nitrogens with zero attached hydrogens (tertiary/aromatic N) is 6. The third-order valence-corrected chi connectivity index (χ3v) is 14.9. The molecule has 35 heteroatoms. The molecule has 2 aliphatic heterocycles. The van der Waals surface area contributed by atoms with E-state index in [0.29, 0.717) is 44.2 Å². The van der Waals surface area contributed by atoms with E-state index in [2.05, 4.69) is 62.2 Å². The predicted molar refractivity (Wildman–Crippen MR) is 322 cm³/mol. The van der Waals surface area contributed by atoms with E-state index in [0.717, 1.165) is 0 Å². The van der Waals surface area contributed by atoms with Crippen molar-refractivity contribution >= 4 is 77.0 Å². The number of aliphatic imine (C=N–C) groups is 3. The minimum Gasteiger partial charge on any atom is -0.480 e. The maximum atomic E-state index is 14.8. The largest absolute Gasteiger partial charge is 0.480 e. The van der Waals surface area contributed by atoms with E-state index in [-0.39, 0.29) is 115 Å². The molecule has 0 spiro atoms. The molecule has 2 fully saturated rings. The molecule has 12 atom stereocenters. The average Bonchev–Trinajstić information content (AvgIpc) is 3.96. The van der Waals surface area contributed by atoms with Gasteiger partial charge in [-0.05, 0) is 103 Å². The third kappa shape index (κ3) is 24.4. The Kier molecular flexibility index (Phi) is 31.9. The Balaban J connectivity index is 1.89. The van der Waals surface area contributed by atoms with Crippen LogP contribution in [-0.4, -0.2) is 224 Å². The van der Waals surface area contributed by atoms with Gasteiger partial charge in [0, 0.05) is 51.0 Å². The van der Waals surface area contributed by atoms with Gasteiger partial charge in [-0.2, -0.15) is 0 Å². The number of imidazole rings is 1. The lowest BCUT2D eigenvalue weighted by atomic mass is 9.96. The van der Waals surface area contributed by atoms with Crippen LogP contribution < -0.4 is 83.1 Å². The second-order valence-corrected chi connectivity index (χ2v) is 21.8. The smallest absolute Gasteiger partial charge is 0.328 e. The van der Waals surface area contributed by atoms with Gasteiger partial charge in [-0.15, -0.1) is 0 Å². The first-order chi connectivity index (χ1) is 41.7. The third-order valence-electron chi connectivity index (χ3n) is 14.9. The number of H-pyrrole nitrogens is 1. The lowest BCUT2D eigenvalue weighted by Gasteiger charge is -2.33. The molecule has 0 aromatic carbocycles. The van der Waals surface area contributed by atoms with Gasteiger partial charge in [0.1, 0.15) is 48.3 Å². The molecule has 3 heterocycles. The molecule has 2 saturated heterocycles. The molecule has 9 amide bonds. The lowest BCUT2D eigenvalue weighted by Crippen LogP contribution is -2.61. The lowest BCUT2D eigenvalue weighted by molar-refractivity contribution is -0.147. The summed E-state index contributed by atoms with van der Waals surface area (Å²) in [5.41, 5.74) is 45.3. The fourth-order valence-corrected chi connectivity index (χ4v) is 9.89. The number of hydrogen-bond acceptors (Lipinski definition) is 18. The van der Waals surface area contributed by atoms with E-state index in [1.807, 2.05) is 0 Å². The number of rotatable bonds is 39. The Bertz CT molecular complexity index is 2560. The molecular formula is C53H94N22O13. The minimum absolute atomic E-state index is 0.0106. The van der Waals surface area contributed by atoms with Gasteiger partial charge < -0.3 is 113 Å². The van der Waals surface area contributed by atoms with Crippen LogP contribution in [0.15, 0.2) is 27.5 Å². The quantitative estimate of drug-likeness (QED) is 0.0165. The molecule has 0 saturated carbocycles. The van der Waals surface area contributed by atoms with Crippen molar-refractivity contribution < 1.29 is 63.3 Å². The fraction of sp³-hybridized carbons (Fsp3) is 0.698. The number of carbonyl (C=O) groups is 10. The maximum Gasteiger partial charge on any atom is 0.328 e. The number of carboxylic acids is 1. The summed E-state index contributed by atoms with van der Waals surface area (Å²) in [7, 11) is 0. The van der Waals surface area contributed by atoms with Gasteiger partial charge in [0.15, 0.2) is 23.9 Å². The van der Waals surface area contributed by atoms with Crippen molar-refractivity contribution in [2.24, 2.45) is 66.8 Å². The molecule has 0 bridgehead atoms. The molecule has 1 aromatic heterocycles. The summed E-state index contributed by atoms with van der Waals surface area (Å²) in [5, 5.41) is 48.2. The van der Waals surface area contributed by atoms with Crippen LogP contribution in [0.1, 0.15) is 116 Å². The highest BCUT2D eigenvalue weighted by Crippen LogP contribution is 2.23. The van der Waals surface area contributed by atoms with E-state index >= 15 is 0 Å². The molecular weight excluding hydrogens is 1150 g/mol.